The second-order valence-corrected chi connectivity index (χ2v) is 4.30. The van der Waals surface area contributed by atoms with Crippen molar-refractivity contribution >= 4 is 29.2 Å². The first-order valence-electron chi connectivity index (χ1n) is 5.33. The van der Waals surface area contributed by atoms with Crippen LogP contribution in [-0.4, -0.2) is 31.5 Å². The summed E-state index contributed by atoms with van der Waals surface area (Å²) in [5.41, 5.74) is 0.563. The van der Waals surface area contributed by atoms with Crippen LogP contribution in [0.2, 0.25) is 0 Å². The number of nitrogens with zero attached hydrogens (tertiary/aromatic N) is 1. The van der Waals surface area contributed by atoms with Crippen molar-refractivity contribution in [2.24, 2.45) is 0 Å². The lowest BCUT2D eigenvalue weighted by Crippen LogP contribution is -2.43. The number of imide groups is 1. The highest BCUT2D eigenvalue weighted by Crippen LogP contribution is 2.26. The average Bonchev–Trinajstić information content (AvgIpc) is 2.37. The van der Waals surface area contributed by atoms with Crippen molar-refractivity contribution < 1.29 is 14.3 Å². The summed E-state index contributed by atoms with van der Waals surface area (Å²) < 4.78 is 5.14. The summed E-state index contributed by atoms with van der Waals surface area (Å²) in [6.45, 7) is 1.49. The van der Waals surface area contributed by atoms with E-state index in [-0.39, 0.29) is 0 Å². The maximum atomic E-state index is 11.8. The van der Waals surface area contributed by atoms with Crippen LogP contribution in [0.15, 0.2) is 24.3 Å². The molecule has 0 aliphatic heterocycles. The fraction of sp³-hybridized carbons (Fsp3) is 0.333. The molecule has 0 aliphatic carbocycles. The van der Waals surface area contributed by atoms with E-state index in [2.05, 4.69) is 5.32 Å². The summed E-state index contributed by atoms with van der Waals surface area (Å²) in [5, 5.41) is 1.43. The van der Waals surface area contributed by atoms with Gasteiger partial charge in [-0.25, -0.2) is 4.79 Å². The molecule has 1 N–H and O–H groups in total. The second-order valence-electron chi connectivity index (χ2n) is 3.64. The first-order valence-corrected chi connectivity index (χ1v) is 5.76. The molecule has 0 aliphatic rings. The predicted molar refractivity (Wildman–Crippen MR) is 70.3 cm³/mol. The number of carbonyl (C=O) groups is 2. The smallest absolute Gasteiger partial charge is 0.328 e. The van der Waals surface area contributed by atoms with E-state index in [0.29, 0.717) is 11.4 Å². The van der Waals surface area contributed by atoms with Crippen LogP contribution in [0.1, 0.15) is 6.92 Å². The van der Waals surface area contributed by atoms with E-state index in [1.165, 1.54) is 18.9 Å². The zero-order valence-corrected chi connectivity index (χ0v) is 11.2. The number of nitrogens with one attached hydrogen (secondary N) is 1. The Balaban J connectivity index is 2.83. The van der Waals surface area contributed by atoms with Gasteiger partial charge < -0.3 is 4.74 Å². The summed E-state index contributed by atoms with van der Waals surface area (Å²) >= 11 is 5.57. The Morgan fingerprint density at radius 1 is 1.39 bits per heavy atom. The van der Waals surface area contributed by atoms with E-state index in [4.69, 9.17) is 16.3 Å². The van der Waals surface area contributed by atoms with Crippen LogP contribution in [-0.2, 0) is 4.79 Å². The van der Waals surface area contributed by atoms with Gasteiger partial charge in [0.05, 0.1) is 12.8 Å². The van der Waals surface area contributed by atoms with Gasteiger partial charge in [-0.3, -0.25) is 15.0 Å². The van der Waals surface area contributed by atoms with E-state index >= 15 is 0 Å². The third-order valence-corrected chi connectivity index (χ3v) is 2.54. The number of ether oxygens (including phenoxy) is 1. The van der Waals surface area contributed by atoms with Gasteiger partial charge in [0.1, 0.15) is 11.1 Å². The third-order valence-electron chi connectivity index (χ3n) is 2.34. The van der Waals surface area contributed by atoms with Crippen molar-refractivity contribution in [3.05, 3.63) is 24.3 Å². The number of urea groups is 1. The summed E-state index contributed by atoms with van der Waals surface area (Å²) in [6, 6.07) is 6.45. The summed E-state index contributed by atoms with van der Waals surface area (Å²) in [5.74, 6) is 0.00457. The molecule has 0 radical (unpaired) electrons. The molecule has 0 fully saturated rings. The number of anilines is 1. The molecule has 0 spiro atoms. The molecule has 1 rings (SSSR count). The van der Waals surface area contributed by atoms with Crippen molar-refractivity contribution in [1.82, 2.24) is 5.32 Å². The number of halogens is 1. The van der Waals surface area contributed by atoms with Crippen molar-refractivity contribution in [1.29, 1.82) is 0 Å². The lowest BCUT2D eigenvalue weighted by atomic mass is 10.3. The Morgan fingerprint density at radius 2 is 2.00 bits per heavy atom. The quantitative estimate of drug-likeness (QED) is 0.855. The lowest BCUT2D eigenvalue weighted by Gasteiger charge is -2.20. The van der Waals surface area contributed by atoms with Crippen LogP contribution in [0, 0.1) is 0 Å². The van der Waals surface area contributed by atoms with Gasteiger partial charge in [-0.05, 0) is 19.1 Å². The molecule has 1 atom stereocenters. The molecular formula is C12H15ClN2O3. The topological polar surface area (TPSA) is 58.6 Å². The minimum absolute atomic E-state index is 0.539. The lowest BCUT2D eigenvalue weighted by molar-refractivity contribution is -0.119. The van der Waals surface area contributed by atoms with Crippen LogP contribution >= 0.6 is 11.6 Å². The SMILES string of the molecule is COc1ccccc1N(C)C(=O)NC(=O)C(C)Cl. The number of methoxy groups -OCH3 is 1. The highest BCUT2D eigenvalue weighted by molar-refractivity contribution is 6.31. The molecule has 0 saturated heterocycles. The molecule has 0 saturated carbocycles. The molecule has 0 heterocycles. The van der Waals surface area contributed by atoms with Gasteiger partial charge in [-0.15, -0.1) is 11.6 Å². The molecule has 1 aromatic carbocycles. The highest BCUT2D eigenvalue weighted by atomic mass is 35.5. The van der Waals surface area contributed by atoms with Crippen LogP contribution in [0.4, 0.5) is 10.5 Å². The average molecular weight is 271 g/mol. The molecule has 98 valence electrons. The van der Waals surface area contributed by atoms with Gasteiger partial charge >= 0.3 is 6.03 Å². The predicted octanol–water partition coefficient (Wildman–Crippen LogP) is 1.99. The molecule has 0 bridgehead atoms. The third kappa shape index (κ3) is 3.37. The Labute approximate surface area is 111 Å². The van der Waals surface area contributed by atoms with E-state index in [1.54, 1.807) is 31.3 Å². The summed E-state index contributed by atoms with van der Waals surface area (Å²) in [7, 11) is 3.05. The van der Waals surface area contributed by atoms with Gasteiger partial charge in [-0.2, -0.15) is 0 Å². The summed E-state index contributed by atoms with van der Waals surface area (Å²) in [6.07, 6.45) is 0. The second kappa shape index (κ2) is 6.26. The largest absolute Gasteiger partial charge is 0.495 e. The van der Waals surface area contributed by atoms with Crippen molar-refractivity contribution in [2.45, 2.75) is 12.3 Å². The van der Waals surface area contributed by atoms with Crippen molar-refractivity contribution in [3.8, 4) is 5.75 Å². The maximum Gasteiger partial charge on any atom is 0.328 e. The van der Waals surface area contributed by atoms with Crippen LogP contribution in [0.5, 0.6) is 5.75 Å². The van der Waals surface area contributed by atoms with Gasteiger partial charge in [-0.1, -0.05) is 12.1 Å². The Morgan fingerprint density at radius 3 is 2.56 bits per heavy atom. The monoisotopic (exact) mass is 270 g/mol. The fourth-order valence-electron chi connectivity index (χ4n) is 1.30. The number of rotatable bonds is 3. The van der Waals surface area contributed by atoms with Gasteiger partial charge in [0.15, 0.2) is 0 Å². The van der Waals surface area contributed by atoms with Crippen LogP contribution in [0.25, 0.3) is 0 Å². The molecule has 18 heavy (non-hydrogen) atoms. The van der Waals surface area contributed by atoms with Crippen LogP contribution in [0.3, 0.4) is 0 Å². The van der Waals surface area contributed by atoms with Gasteiger partial charge in [0, 0.05) is 7.05 Å². The molecule has 1 aromatic rings. The fourth-order valence-corrected chi connectivity index (χ4v) is 1.36. The van der Waals surface area contributed by atoms with Gasteiger partial charge in [0.2, 0.25) is 5.91 Å². The van der Waals surface area contributed by atoms with Crippen LogP contribution < -0.4 is 15.0 Å². The molecular weight excluding hydrogens is 256 g/mol. The number of hydrogen-bond donors (Lipinski definition) is 1. The maximum absolute atomic E-state index is 11.8. The van der Waals surface area contributed by atoms with E-state index in [9.17, 15) is 9.59 Å². The number of para-hydroxylation sites is 2. The van der Waals surface area contributed by atoms with Crippen molar-refractivity contribution in [3.63, 3.8) is 0 Å². The Bertz CT molecular complexity index is 449. The minimum atomic E-state index is -0.764. The van der Waals surface area contributed by atoms with E-state index in [0.717, 1.165) is 0 Å². The molecule has 6 heteroatoms. The minimum Gasteiger partial charge on any atom is -0.495 e. The molecule has 0 aromatic heterocycles. The number of hydrogen-bond acceptors (Lipinski definition) is 3. The normalized spacial score (nSPS) is 11.6. The first kappa shape index (κ1) is 14.3. The number of amides is 3. The Kier molecular flexibility index (Phi) is 4.97. The van der Waals surface area contributed by atoms with E-state index in [1.807, 2.05) is 0 Å². The zero-order chi connectivity index (χ0) is 13.7. The van der Waals surface area contributed by atoms with E-state index < -0.39 is 17.3 Å². The standard InChI is InChI=1S/C12H15ClN2O3/c1-8(13)11(16)14-12(17)15(2)9-6-4-5-7-10(9)18-3/h4-8H,1-3H3,(H,14,16,17). The molecule has 1 unspecified atom stereocenters. The number of benzene rings is 1. The number of alkyl halides is 1. The molecule has 5 nitrogen and oxygen atoms in total. The highest BCUT2D eigenvalue weighted by Gasteiger charge is 2.19. The first-order chi connectivity index (χ1) is 8.47. The Hall–Kier alpha value is -1.75. The molecule has 3 amide bonds. The zero-order valence-electron chi connectivity index (χ0n) is 10.4. The van der Waals surface area contributed by atoms with Gasteiger partial charge in [0.25, 0.3) is 0 Å². The summed E-state index contributed by atoms with van der Waals surface area (Å²) in [4.78, 5) is 24.4. The number of carbonyl (C=O) groups excluding carboxylic acids is 2. The van der Waals surface area contributed by atoms with Crippen molar-refractivity contribution in [2.75, 3.05) is 19.1 Å².